The molecule has 2 aromatic carbocycles. The average Bonchev–Trinajstić information content (AvgIpc) is 2.96. The molecule has 27 heavy (non-hydrogen) atoms. The lowest BCUT2D eigenvalue weighted by Gasteiger charge is -2.31. The minimum Gasteiger partial charge on any atom is -0.312 e. The number of carbonyl (C=O) groups is 1. The van der Waals surface area contributed by atoms with Crippen LogP contribution in [0.4, 0.5) is 5.69 Å². The van der Waals surface area contributed by atoms with Gasteiger partial charge in [0.1, 0.15) is 0 Å². The number of fused-ring (bicyclic) bond motifs is 2. The van der Waals surface area contributed by atoms with Gasteiger partial charge in [-0.1, -0.05) is 30.3 Å². The second-order valence-electron chi connectivity index (χ2n) is 7.15. The Balaban J connectivity index is 1.61. The van der Waals surface area contributed by atoms with Crippen LogP contribution in [0.3, 0.4) is 0 Å². The summed E-state index contributed by atoms with van der Waals surface area (Å²) in [5.74, 6) is 0.0884. The van der Waals surface area contributed by atoms with Gasteiger partial charge >= 0.3 is 5.69 Å². The molecule has 0 saturated carbocycles. The van der Waals surface area contributed by atoms with Gasteiger partial charge in [0.05, 0.1) is 11.0 Å². The lowest BCUT2D eigenvalue weighted by molar-refractivity contribution is -0.118. The van der Waals surface area contributed by atoms with Crippen LogP contribution in [-0.2, 0) is 24.3 Å². The van der Waals surface area contributed by atoms with Crippen LogP contribution in [0.2, 0.25) is 0 Å². The van der Waals surface area contributed by atoms with Crippen LogP contribution in [0.5, 0.6) is 0 Å². The van der Waals surface area contributed by atoms with E-state index in [1.54, 1.807) is 9.13 Å². The van der Waals surface area contributed by atoms with E-state index in [0.29, 0.717) is 19.5 Å². The molecule has 2 heterocycles. The van der Waals surface area contributed by atoms with E-state index < -0.39 is 0 Å². The summed E-state index contributed by atoms with van der Waals surface area (Å²) in [5, 5.41) is 0. The number of imidazole rings is 1. The van der Waals surface area contributed by atoms with Gasteiger partial charge in [0, 0.05) is 31.7 Å². The second kappa shape index (κ2) is 7.06. The molecule has 1 aliphatic rings. The maximum atomic E-state index is 13.0. The zero-order valence-electron chi connectivity index (χ0n) is 15.9. The topological polar surface area (TPSA) is 47.2 Å². The zero-order chi connectivity index (χ0) is 19.0. The summed E-state index contributed by atoms with van der Waals surface area (Å²) in [4.78, 5) is 27.7. The molecule has 5 heteroatoms. The van der Waals surface area contributed by atoms with E-state index in [-0.39, 0.29) is 11.6 Å². The Morgan fingerprint density at radius 2 is 1.78 bits per heavy atom. The van der Waals surface area contributed by atoms with E-state index >= 15 is 0 Å². The molecule has 0 spiro atoms. The first-order chi connectivity index (χ1) is 13.1. The Kier molecular flexibility index (Phi) is 4.60. The largest absolute Gasteiger partial charge is 0.329 e. The van der Waals surface area contributed by atoms with Crippen molar-refractivity contribution in [2.45, 2.75) is 46.2 Å². The molecule has 5 nitrogen and oxygen atoms in total. The third kappa shape index (κ3) is 2.97. The van der Waals surface area contributed by atoms with Gasteiger partial charge in [0.15, 0.2) is 0 Å². The summed E-state index contributed by atoms with van der Waals surface area (Å²) < 4.78 is 3.50. The molecular weight excluding hydrogens is 338 g/mol. The van der Waals surface area contributed by atoms with Crippen molar-refractivity contribution in [2.75, 3.05) is 11.4 Å². The second-order valence-corrected chi connectivity index (χ2v) is 7.15. The number of rotatable bonds is 4. The highest BCUT2D eigenvalue weighted by Gasteiger charge is 2.24. The molecule has 0 atom stereocenters. The van der Waals surface area contributed by atoms with Gasteiger partial charge in [-0.2, -0.15) is 0 Å². The van der Waals surface area contributed by atoms with Crippen molar-refractivity contribution in [1.82, 2.24) is 9.13 Å². The van der Waals surface area contributed by atoms with Crippen LogP contribution in [-0.4, -0.2) is 21.6 Å². The van der Waals surface area contributed by atoms with Crippen molar-refractivity contribution < 1.29 is 4.79 Å². The highest BCUT2D eigenvalue weighted by molar-refractivity contribution is 5.95. The molecule has 0 aliphatic carbocycles. The fraction of sp³-hybridized carbons (Fsp3) is 0.364. The summed E-state index contributed by atoms with van der Waals surface area (Å²) >= 11 is 0. The number of hydrogen-bond acceptors (Lipinski definition) is 2. The number of para-hydroxylation sites is 3. The predicted octanol–water partition coefficient (Wildman–Crippen LogP) is 3.50. The molecule has 0 unspecified atom stereocenters. The minimum atomic E-state index is -0.0401. The maximum absolute atomic E-state index is 13.0. The van der Waals surface area contributed by atoms with Crippen LogP contribution in [0.25, 0.3) is 11.0 Å². The number of nitrogens with zero attached hydrogens (tertiary/aromatic N) is 3. The summed E-state index contributed by atoms with van der Waals surface area (Å²) in [7, 11) is 0. The summed E-state index contributed by atoms with van der Waals surface area (Å²) in [6, 6.07) is 14.0. The van der Waals surface area contributed by atoms with Crippen LogP contribution in [0.1, 0.15) is 30.9 Å². The van der Waals surface area contributed by atoms with E-state index in [1.807, 2.05) is 36.1 Å². The number of aryl methyl sites for hydroxylation is 4. The Labute approximate surface area is 158 Å². The van der Waals surface area contributed by atoms with Crippen molar-refractivity contribution in [3.63, 3.8) is 0 Å². The normalized spacial score (nSPS) is 13.8. The number of benzene rings is 2. The van der Waals surface area contributed by atoms with Gasteiger partial charge in [-0.05, 0) is 49.9 Å². The molecule has 140 valence electrons. The highest BCUT2D eigenvalue weighted by Crippen LogP contribution is 2.31. The molecule has 0 bridgehead atoms. The molecule has 1 aromatic heterocycles. The number of carbonyl (C=O) groups excluding carboxylic acids is 1. The van der Waals surface area contributed by atoms with Crippen molar-refractivity contribution in [2.24, 2.45) is 0 Å². The summed E-state index contributed by atoms with van der Waals surface area (Å²) in [5.41, 5.74) is 5.23. The first-order valence-electron chi connectivity index (χ1n) is 9.68. The first kappa shape index (κ1) is 17.6. The third-order valence-corrected chi connectivity index (χ3v) is 5.51. The lowest BCUT2D eigenvalue weighted by Crippen LogP contribution is -2.37. The number of anilines is 1. The van der Waals surface area contributed by atoms with Gasteiger partial charge in [0.2, 0.25) is 5.91 Å². The highest BCUT2D eigenvalue weighted by atomic mass is 16.2. The van der Waals surface area contributed by atoms with Crippen LogP contribution in [0.15, 0.2) is 47.3 Å². The van der Waals surface area contributed by atoms with Crippen molar-refractivity contribution in [3.05, 3.63) is 64.1 Å². The van der Waals surface area contributed by atoms with E-state index in [9.17, 15) is 9.59 Å². The van der Waals surface area contributed by atoms with Crippen LogP contribution >= 0.6 is 0 Å². The Bertz CT molecular complexity index is 1060. The Morgan fingerprint density at radius 3 is 2.52 bits per heavy atom. The molecular formula is C22H25N3O2. The summed E-state index contributed by atoms with van der Waals surface area (Å²) in [6.07, 6.45) is 2.33. The number of aromatic nitrogens is 2. The molecule has 0 N–H and O–H groups in total. The average molecular weight is 363 g/mol. The molecule has 1 amide bonds. The smallest absolute Gasteiger partial charge is 0.312 e. The van der Waals surface area contributed by atoms with Crippen molar-refractivity contribution in [3.8, 4) is 0 Å². The zero-order valence-corrected chi connectivity index (χ0v) is 15.9. The van der Waals surface area contributed by atoms with Gasteiger partial charge in [0.25, 0.3) is 0 Å². The molecule has 0 radical (unpaired) electrons. The van der Waals surface area contributed by atoms with E-state index in [1.165, 1.54) is 5.56 Å². The van der Waals surface area contributed by atoms with Crippen LogP contribution in [0, 0.1) is 6.92 Å². The maximum Gasteiger partial charge on any atom is 0.329 e. The standard InChI is InChI=1S/C22H25N3O2/c1-3-23-18-11-4-5-12-19(18)24(22(23)27)15-13-20(26)25-14-7-10-17-9-6-8-16(2)21(17)25/h4-6,8-9,11-12H,3,7,10,13-15H2,1-2H3. The van der Waals surface area contributed by atoms with Crippen LogP contribution < -0.4 is 10.6 Å². The monoisotopic (exact) mass is 363 g/mol. The predicted molar refractivity (Wildman–Crippen MR) is 108 cm³/mol. The molecule has 0 fully saturated rings. The van der Waals surface area contributed by atoms with Gasteiger partial charge < -0.3 is 4.90 Å². The van der Waals surface area contributed by atoms with Gasteiger partial charge in [-0.15, -0.1) is 0 Å². The van der Waals surface area contributed by atoms with E-state index in [4.69, 9.17) is 0 Å². The fourth-order valence-electron chi connectivity index (χ4n) is 4.23. The molecule has 3 aromatic rings. The van der Waals surface area contributed by atoms with Crippen molar-refractivity contribution >= 4 is 22.6 Å². The SMILES string of the molecule is CCn1c(=O)n(CCC(=O)N2CCCc3cccc(C)c32)c2ccccc21. The first-order valence-corrected chi connectivity index (χ1v) is 9.68. The molecule has 4 rings (SSSR count). The summed E-state index contributed by atoms with van der Waals surface area (Å²) in [6.45, 7) is 5.81. The Morgan fingerprint density at radius 1 is 1.04 bits per heavy atom. The number of amides is 1. The van der Waals surface area contributed by atoms with Gasteiger partial charge in [-0.25, -0.2) is 4.79 Å². The third-order valence-electron chi connectivity index (χ3n) is 5.51. The number of hydrogen-bond donors (Lipinski definition) is 0. The fourth-order valence-corrected chi connectivity index (χ4v) is 4.23. The quantitative estimate of drug-likeness (QED) is 0.712. The lowest BCUT2D eigenvalue weighted by atomic mass is 9.98. The van der Waals surface area contributed by atoms with E-state index in [2.05, 4.69) is 25.1 Å². The minimum absolute atomic E-state index is 0.0401. The molecule has 1 aliphatic heterocycles. The molecule has 0 saturated heterocycles. The van der Waals surface area contributed by atoms with E-state index in [0.717, 1.165) is 41.7 Å². The van der Waals surface area contributed by atoms with Gasteiger partial charge in [-0.3, -0.25) is 13.9 Å². The van der Waals surface area contributed by atoms with Crippen molar-refractivity contribution in [1.29, 1.82) is 0 Å². The Hall–Kier alpha value is -2.82.